The second-order valence-electron chi connectivity index (χ2n) is 13.2. The number of nitriles is 6. The second kappa shape index (κ2) is 26.3. The van der Waals surface area contributed by atoms with Crippen LogP contribution in [0.5, 0.6) is 0 Å². The SMILES string of the molecule is CCCC[N+](CCCC)(CCCC)CCCC.CCCC[N+](CCCC)(CCCC)CCCC.N#[C][Mn-2]([C]#N)([C]#N)([C]#N)([C]#N)[C]#N. The molecular weight excluding hydrogens is 623 g/mol. The fourth-order valence-corrected chi connectivity index (χ4v) is 6.46. The molecule has 47 heavy (non-hydrogen) atoms. The summed E-state index contributed by atoms with van der Waals surface area (Å²) in [7, 11) is -6.30. The molecule has 0 aliphatic heterocycles. The number of quaternary nitrogens is 2. The third-order valence-electron chi connectivity index (χ3n) is 9.16. The van der Waals surface area contributed by atoms with E-state index in [-0.39, 0.29) is 0 Å². The summed E-state index contributed by atoms with van der Waals surface area (Å²) in [6.45, 7) is 30.0. The number of unbranched alkanes of at least 4 members (excludes halogenated alkanes) is 8. The van der Waals surface area contributed by atoms with Crippen LogP contribution in [0.15, 0.2) is 0 Å². The Kier molecular flexibility index (Phi) is 27.3. The van der Waals surface area contributed by atoms with Crippen molar-refractivity contribution in [2.45, 2.75) is 158 Å². The molecule has 0 fully saturated rings. The Morgan fingerprint density at radius 2 is 0.426 bits per heavy atom. The third kappa shape index (κ3) is 16.4. The van der Waals surface area contributed by atoms with Crippen LogP contribution in [0.1, 0.15) is 158 Å². The molecule has 9 heteroatoms. The average Bonchev–Trinajstić information content (AvgIpc) is 3.13. The Hall–Kier alpha value is -2.62. The summed E-state index contributed by atoms with van der Waals surface area (Å²) in [5.74, 6) is 0. The van der Waals surface area contributed by atoms with E-state index in [2.05, 4.69) is 55.4 Å². The summed E-state index contributed by atoms with van der Waals surface area (Å²) < 4.78 is 2.84. The summed E-state index contributed by atoms with van der Waals surface area (Å²) >= 11 is 0. The number of hydrogen-bond donors (Lipinski definition) is 0. The van der Waals surface area contributed by atoms with Crippen LogP contribution in [0.25, 0.3) is 0 Å². The molecule has 0 saturated carbocycles. The first-order valence-electron chi connectivity index (χ1n) is 18.7. The molecule has 0 spiro atoms. The van der Waals surface area contributed by atoms with E-state index in [0.717, 1.165) is 29.8 Å². The average molecular weight is 696 g/mol. The molecule has 0 aliphatic rings. The van der Waals surface area contributed by atoms with Gasteiger partial charge < -0.3 is 8.97 Å². The van der Waals surface area contributed by atoms with Gasteiger partial charge in [0, 0.05) is 0 Å². The van der Waals surface area contributed by atoms with Gasteiger partial charge in [0.15, 0.2) is 0 Å². The van der Waals surface area contributed by atoms with Crippen molar-refractivity contribution in [1.29, 1.82) is 31.6 Å². The molecule has 0 aromatic carbocycles. The summed E-state index contributed by atoms with van der Waals surface area (Å²) in [5, 5.41) is 51.5. The van der Waals surface area contributed by atoms with Gasteiger partial charge >= 0.3 is 72.1 Å². The molecule has 0 aliphatic carbocycles. The molecule has 0 radical (unpaired) electrons. The van der Waals surface area contributed by atoms with Crippen LogP contribution in [0.2, 0.25) is 0 Å². The summed E-state index contributed by atoms with van der Waals surface area (Å²) in [4.78, 5) is 6.25. The minimum absolute atomic E-state index is 1.04. The fraction of sp³-hybridized carbons (Fsp3) is 0.842. The van der Waals surface area contributed by atoms with Gasteiger partial charge in [-0.15, -0.1) is 0 Å². The zero-order valence-electron chi connectivity index (χ0n) is 31.9. The maximum absolute atomic E-state index is 8.58. The Bertz CT molecular complexity index is 835. The minimum atomic E-state index is -6.30. The fourth-order valence-electron chi connectivity index (χ4n) is 5.57. The molecule has 0 saturated heterocycles. The van der Waals surface area contributed by atoms with Gasteiger partial charge in [-0.05, 0) is 51.4 Å². The first-order valence-corrected chi connectivity index (χ1v) is 22.2. The molecule has 0 unspecified atom stereocenters. The Balaban J connectivity index is -0.000000625. The van der Waals surface area contributed by atoms with Gasteiger partial charge in [0.25, 0.3) is 0 Å². The summed E-state index contributed by atoms with van der Waals surface area (Å²) in [6, 6.07) is 0. The van der Waals surface area contributed by atoms with E-state index in [0.29, 0.717) is 0 Å². The van der Waals surface area contributed by atoms with Crippen LogP contribution in [-0.4, -0.2) is 61.3 Å². The molecule has 0 aromatic rings. The van der Waals surface area contributed by atoms with Gasteiger partial charge in [-0.25, -0.2) is 0 Å². The van der Waals surface area contributed by atoms with Gasteiger partial charge in [-0.2, -0.15) is 0 Å². The molecule has 0 rings (SSSR count). The Morgan fingerprint density at radius 1 is 0.298 bits per heavy atom. The Labute approximate surface area is 290 Å². The normalized spacial score (nSPS) is 12.4. The van der Waals surface area contributed by atoms with Crippen LogP contribution in [-0.2, 0) is 10.7 Å². The number of rotatable bonds is 24. The molecule has 271 valence electrons. The quantitative estimate of drug-likeness (QED) is 0.0726. The van der Waals surface area contributed by atoms with Crippen molar-refractivity contribution in [3.8, 4) is 29.8 Å². The van der Waals surface area contributed by atoms with E-state index in [9.17, 15) is 0 Å². The second-order valence-corrected chi connectivity index (χ2v) is 19.2. The van der Waals surface area contributed by atoms with Gasteiger partial charge in [0.05, 0.1) is 52.4 Å². The zero-order valence-corrected chi connectivity index (χ0v) is 33.1. The standard InChI is InChI=1S/2C16H36N.6CN.Mn/c2*1-5-9-13-17(14-10-6-2,15-11-7-3)16-12-8-4;6*1-2;/h2*5-16H2,1-4H3;;;;;;;/q2*+1;;;;;;;-2. The molecule has 0 bridgehead atoms. The van der Waals surface area contributed by atoms with Crippen LogP contribution in [0.4, 0.5) is 0 Å². The number of nitrogens with zero attached hydrogens (tertiary/aromatic N) is 8. The predicted octanol–water partition coefficient (Wildman–Crippen LogP) is 10.1. The first-order chi connectivity index (χ1) is 22.5. The van der Waals surface area contributed by atoms with Crippen LogP contribution >= 0.6 is 0 Å². The van der Waals surface area contributed by atoms with Crippen molar-refractivity contribution in [3.05, 3.63) is 0 Å². The van der Waals surface area contributed by atoms with Crippen LogP contribution < -0.4 is 0 Å². The maximum atomic E-state index is 8.58. The van der Waals surface area contributed by atoms with Crippen molar-refractivity contribution in [1.82, 2.24) is 0 Å². The van der Waals surface area contributed by atoms with E-state index >= 15 is 0 Å². The van der Waals surface area contributed by atoms with Gasteiger partial charge in [-0.1, -0.05) is 107 Å². The zero-order chi connectivity index (χ0) is 36.6. The van der Waals surface area contributed by atoms with E-state index in [1.165, 1.54) is 164 Å². The van der Waals surface area contributed by atoms with E-state index in [1.54, 1.807) is 0 Å². The predicted molar refractivity (Wildman–Crippen MR) is 192 cm³/mol. The van der Waals surface area contributed by atoms with Crippen molar-refractivity contribution >= 4 is 0 Å². The van der Waals surface area contributed by atoms with E-state index in [4.69, 9.17) is 31.6 Å². The summed E-state index contributed by atoms with van der Waals surface area (Å²) in [5.41, 5.74) is 0. The van der Waals surface area contributed by atoms with Gasteiger partial charge in [-0.3, -0.25) is 0 Å². The number of hydrogen-bond acceptors (Lipinski definition) is 6. The molecule has 0 N–H and O–H groups in total. The first kappa shape index (κ1) is 48.8. The molecule has 0 heterocycles. The van der Waals surface area contributed by atoms with Crippen molar-refractivity contribution in [2.24, 2.45) is 0 Å². The molecule has 0 amide bonds. The van der Waals surface area contributed by atoms with Gasteiger partial charge in [0.1, 0.15) is 0 Å². The van der Waals surface area contributed by atoms with Gasteiger partial charge in [0.2, 0.25) is 0 Å². The van der Waals surface area contributed by atoms with Crippen LogP contribution in [0.3, 0.4) is 0 Å². The third-order valence-corrected chi connectivity index (χ3v) is 13.1. The van der Waals surface area contributed by atoms with E-state index in [1.807, 2.05) is 0 Å². The summed E-state index contributed by atoms with van der Waals surface area (Å²) in [6.07, 6.45) is 22.1. The molecular formula is C38H72MnN8. The monoisotopic (exact) mass is 696 g/mol. The van der Waals surface area contributed by atoms with Crippen molar-refractivity contribution < 1.29 is 19.7 Å². The Morgan fingerprint density at radius 3 is 0.489 bits per heavy atom. The molecule has 0 atom stereocenters. The van der Waals surface area contributed by atoms with E-state index < -0.39 is 10.7 Å². The van der Waals surface area contributed by atoms with Crippen molar-refractivity contribution in [3.63, 3.8) is 0 Å². The molecule has 0 aromatic heterocycles. The topological polar surface area (TPSA) is 143 Å². The molecule has 8 nitrogen and oxygen atoms in total. The van der Waals surface area contributed by atoms with Crippen molar-refractivity contribution in [2.75, 3.05) is 52.4 Å². The van der Waals surface area contributed by atoms with Crippen LogP contribution in [0, 0.1) is 61.4 Å².